The third-order valence-corrected chi connectivity index (χ3v) is 3.20. The van der Waals surface area contributed by atoms with Crippen LogP contribution < -0.4 is 5.32 Å². The lowest BCUT2D eigenvalue weighted by Gasteiger charge is -2.29. The second-order valence-corrected chi connectivity index (χ2v) is 4.40. The van der Waals surface area contributed by atoms with Crippen molar-refractivity contribution in [3.63, 3.8) is 0 Å². The van der Waals surface area contributed by atoms with Crippen molar-refractivity contribution in [3.05, 3.63) is 24.0 Å². The lowest BCUT2D eigenvalue weighted by Crippen LogP contribution is -2.35. The van der Waals surface area contributed by atoms with Crippen LogP contribution in [-0.2, 0) is 4.79 Å². The molecule has 1 fully saturated rings. The Morgan fingerprint density at radius 2 is 2.39 bits per heavy atom. The minimum atomic E-state index is -1.12. The monoisotopic (exact) mass is 249 g/mol. The fourth-order valence-corrected chi connectivity index (χ4v) is 2.19. The zero-order valence-corrected chi connectivity index (χ0v) is 10.1. The number of carboxylic acid groups (broad SMARTS) is 1. The molecular formula is C12H15N3O3. The molecule has 2 N–H and O–H groups in total. The Kier molecular flexibility index (Phi) is 3.45. The van der Waals surface area contributed by atoms with Crippen molar-refractivity contribution in [2.24, 2.45) is 0 Å². The van der Waals surface area contributed by atoms with Crippen molar-refractivity contribution in [3.8, 4) is 0 Å². The number of hydrogen-bond acceptors (Lipinski definition) is 3. The Morgan fingerprint density at radius 3 is 3.06 bits per heavy atom. The summed E-state index contributed by atoms with van der Waals surface area (Å²) in [5, 5.41) is 11.1. The topological polar surface area (TPSA) is 82.5 Å². The lowest BCUT2D eigenvalue weighted by molar-refractivity contribution is -0.132. The molecule has 0 aliphatic carbocycles. The molecule has 0 aromatic carbocycles. The molecule has 2 rings (SSSR count). The first-order chi connectivity index (χ1) is 8.58. The van der Waals surface area contributed by atoms with Crippen LogP contribution in [0, 0.1) is 0 Å². The average Bonchev–Trinajstić information content (AvgIpc) is 2.33. The Morgan fingerprint density at radius 1 is 1.61 bits per heavy atom. The number of carbonyl (C=O) groups is 2. The fourth-order valence-electron chi connectivity index (χ4n) is 2.19. The van der Waals surface area contributed by atoms with Gasteiger partial charge in [0.2, 0.25) is 5.91 Å². The number of aromatic nitrogens is 1. The predicted molar refractivity (Wildman–Crippen MR) is 65.5 cm³/mol. The molecule has 96 valence electrons. The molecule has 0 bridgehead atoms. The molecule has 1 saturated heterocycles. The highest BCUT2D eigenvalue weighted by atomic mass is 16.4. The number of anilines is 1. The Labute approximate surface area is 105 Å². The standard InChI is InChI=1S/C12H15N3O3/c1-15-5-3-8(6-11(15)16)9-2-4-13-7-10(9)14-12(17)18/h2,4,7-8,14H,3,5-6H2,1H3,(H,17,18). The number of nitrogens with zero attached hydrogens (tertiary/aromatic N) is 2. The molecule has 2 heterocycles. The molecule has 2 amide bonds. The minimum Gasteiger partial charge on any atom is -0.465 e. The van der Waals surface area contributed by atoms with E-state index in [2.05, 4.69) is 10.3 Å². The van der Waals surface area contributed by atoms with Gasteiger partial charge in [0.25, 0.3) is 0 Å². The van der Waals surface area contributed by atoms with Crippen LogP contribution in [0.3, 0.4) is 0 Å². The van der Waals surface area contributed by atoms with Crippen molar-refractivity contribution in [2.45, 2.75) is 18.8 Å². The van der Waals surface area contributed by atoms with Crippen LogP contribution >= 0.6 is 0 Å². The quantitative estimate of drug-likeness (QED) is 0.832. The van der Waals surface area contributed by atoms with Crippen molar-refractivity contribution in [1.82, 2.24) is 9.88 Å². The van der Waals surface area contributed by atoms with Gasteiger partial charge in [-0.25, -0.2) is 4.79 Å². The van der Waals surface area contributed by atoms with Gasteiger partial charge in [-0.15, -0.1) is 0 Å². The largest absolute Gasteiger partial charge is 0.465 e. The molecular weight excluding hydrogens is 234 g/mol. The molecule has 6 heteroatoms. The molecule has 1 aromatic heterocycles. The summed E-state index contributed by atoms with van der Waals surface area (Å²) in [7, 11) is 1.78. The van der Waals surface area contributed by atoms with Gasteiger partial charge in [0.1, 0.15) is 0 Å². The molecule has 6 nitrogen and oxygen atoms in total. The average molecular weight is 249 g/mol. The summed E-state index contributed by atoms with van der Waals surface area (Å²) < 4.78 is 0. The van der Waals surface area contributed by atoms with Gasteiger partial charge >= 0.3 is 6.09 Å². The van der Waals surface area contributed by atoms with E-state index in [1.807, 2.05) is 0 Å². The van der Waals surface area contributed by atoms with Crippen molar-refractivity contribution in [2.75, 3.05) is 18.9 Å². The van der Waals surface area contributed by atoms with E-state index in [1.165, 1.54) is 6.20 Å². The molecule has 1 unspecified atom stereocenters. The molecule has 1 atom stereocenters. The molecule has 0 radical (unpaired) electrons. The van der Waals surface area contributed by atoms with E-state index >= 15 is 0 Å². The highest BCUT2D eigenvalue weighted by Gasteiger charge is 2.26. The van der Waals surface area contributed by atoms with E-state index in [0.29, 0.717) is 18.7 Å². The third-order valence-electron chi connectivity index (χ3n) is 3.20. The van der Waals surface area contributed by atoms with Gasteiger partial charge in [-0.3, -0.25) is 15.1 Å². The zero-order chi connectivity index (χ0) is 13.1. The number of carbonyl (C=O) groups excluding carboxylic acids is 1. The van der Waals surface area contributed by atoms with Gasteiger partial charge in [0, 0.05) is 26.2 Å². The van der Waals surface area contributed by atoms with Gasteiger partial charge in [0.15, 0.2) is 0 Å². The Bertz CT molecular complexity index is 475. The van der Waals surface area contributed by atoms with Gasteiger partial charge in [0.05, 0.1) is 11.9 Å². The van der Waals surface area contributed by atoms with Crippen LogP contribution in [0.15, 0.2) is 18.5 Å². The third kappa shape index (κ3) is 2.58. The molecule has 1 aliphatic rings. The predicted octanol–water partition coefficient (Wildman–Crippen LogP) is 1.51. The fraction of sp³-hybridized carbons (Fsp3) is 0.417. The molecule has 1 aromatic rings. The molecule has 0 spiro atoms. The van der Waals surface area contributed by atoms with Crippen molar-refractivity contribution < 1.29 is 14.7 Å². The Hall–Kier alpha value is -2.11. The highest BCUT2D eigenvalue weighted by molar-refractivity contribution is 5.84. The van der Waals surface area contributed by atoms with Crippen molar-refractivity contribution in [1.29, 1.82) is 0 Å². The molecule has 0 saturated carbocycles. The summed E-state index contributed by atoms with van der Waals surface area (Å²) in [4.78, 5) is 28.0. The summed E-state index contributed by atoms with van der Waals surface area (Å²) in [6.07, 6.45) is 3.22. The number of pyridine rings is 1. The number of hydrogen-bond donors (Lipinski definition) is 2. The normalized spacial score (nSPS) is 19.7. The van der Waals surface area contributed by atoms with Crippen LogP contribution in [0.5, 0.6) is 0 Å². The first kappa shape index (κ1) is 12.3. The van der Waals surface area contributed by atoms with E-state index in [9.17, 15) is 9.59 Å². The van der Waals surface area contributed by atoms with E-state index in [1.54, 1.807) is 24.2 Å². The number of amides is 2. The SMILES string of the molecule is CN1CCC(c2ccncc2NC(=O)O)CC1=O. The van der Waals surface area contributed by atoms with Gasteiger partial charge in [-0.2, -0.15) is 0 Å². The van der Waals surface area contributed by atoms with Crippen molar-refractivity contribution >= 4 is 17.7 Å². The maximum atomic E-state index is 11.7. The molecule has 18 heavy (non-hydrogen) atoms. The summed E-state index contributed by atoms with van der Waals surface area (Å²) in [5.74, 6) is 0.142. The van der Waals surface area contributed by atoms with Crippen LogP contribution in [0.25, 0.3) is 0 Å². The zero-order valence-electron chi connectivity index (χ0n) is 10.1. The first-order valence-electron chi connectivity index (χ1n) is 5.75. The maximum absolute atomic E-state index is 11.7. The van der Waals surface area contributed by atoms with Crippen LogP contribution in [0.2, 0.25) is 0 Å². The highest BCUT2D eigenvalue weighted by Crippen LogP contribution is 2.32. The second kappa shape index (κ2) is 5.03. The van der Waals surface area contributed by atoms with Gasteiger partial charge < -0.3 is 10.0 Å². The summed E-state index contributed by atoms with van der Waals surface area (Å²) >= 11 is 0. The summed E-state index contributed by atoms with van der Waals surface area (Å²) in [6.45, 7) is 0.693. The molecule has 1 aliphatic heterocycles. The number of rotatable bonds is 2. The van der Waals surface area contributed by atoms with E-state index in [-0.39, 0.29) is 11.8 Å². The number of piperidine rings is 1. The smallest absolute Gasteiger partial charge is 0.409 e. The second-order valence-electron chi connectivity index (χ2n) is 4.40. The van der Waals surface area contributed by atoms with Gasteiger partial charge in [-0.1, -0.05) is 0 Å². The maximum Gasteiger partial charge on any atom is 0.409 e. The lowest BCUT2D eigenvalue weighted by atomic mass is 9.89. The Balaban J connectivity index is 2.22. The minimum absolute atomic E-state index is 0.0542. The van der Waals surface area contributed by atoms with E-state index < -0.39 is 6.09 Å². The van der Waals surface area contributed by atoms with Gasteiger partial charge in [-0.05, 0) is 24.0 Å². The first-order valence-corrected chi connectivity index (χ1v) is 5.75. The summed E-state index contributed by atoms with van der Waals surface area (Å²) in [6, 6.07) is 1.77. The van der Waals surface area contributed by atoms with Crippen LogP contribution in [0.4, 0.5) is 10.5 Å². The number of likely N-dealkylation sites (tertiary alicyclic amines) is 1. The number of nitrogens with one attached hydrogen (secondary N) is 1. The summed E-state index contributed by atoms with van der Waals surface area (Å²) in [5.41, 5.74) is 1.31. The van der Waals surface area contributed by atoms with Crippen LogP contribution in [-0.4, -0.2) is 40.6 Å². The van der Waals surface area contributed by atoms with E-state index in [4.69, 9.17) is 5.11 Å². The van der Waals surface area contributed by atoms with E-state index in [0.717, 1.165) is 12.0 Å². The van der Waals surface area contributed by atoms with Crippen LogP contribution in [0.1, 0.15) is 24.3 Å².